The van der Waals surface area contributed by atoms with Crippen molar-refractivity contribution in [1.29, 1.82) is 0 Å². The quantitative estimate of drug-likeness (QED) is 0.644. The van der Waals surface area contributed by atoms with Crippen LogP contribution in [0.1, 0.15) is 65.2 Å². The second-order valence-corrected chi connectivity index (χ2v) is 5.44. The van der Waals surface area contributed by atoms with Crippen molar-refractivity contribution >= 4 is 0 Å². The molecule has 16 heavy (non-hydrogen) atoms. The van der Waals surface area contributed by atoms with Crippen LogP contribution in [0.5, 0.6) is 0 Å². The van der Waals surface area contributed by atoms with Gasteiger partial charge < -0.3 is 9.84 Å². The van der Waals surface area contributed by atoms with E-state index in [1.54, 1.807) is 0 Å². The van der Waals surface area contributed by atoms with E-state index in [9.17, 15) is 5.11 Å². The van der Waals surface area contributed by atoms with Gasteiger partial charge in [0.05, 0.1) is 12.2 Å². The zero-order chi connectivity index (χ0) is 11.9. The first-order chi connectivity index (χ1) is 7.67. The Balaban J connectivity index is 2.06. The molecule has 0 saturated carbocycles. The van der Waals surface area contributed by atoms with Crippen LogP contribution in [0.4, 0.5) is 0 Å². The molecule has 1 fully saturated rings. The molecular weight excluding hydrogens is 200 g/mol. The highest BCUT2D eigenvalue weighted by molar-refractivity contribution is 4.84. The van der Waals surface area contributed by atoms with E-state index in [4.69, 9.17) is 4.74 Å². The maximum absolute atomic E-state index is 10.3. The smallest absolute Gasteiger partial charge is 0.0670 e. The first kappa shape index (κ1) is 14.0. The molecule has 2 nitrogen and oxygen atoms in total. The maximum Gasteiger partial charge on any atom is 0.0670 e. The van der Waals surface area contributed by atoms with Crippen molar-refractivity contribution in [3.8, 4) is 0 Å². The predicted molar refractivity (Wildman–Crippen MR) is 67.5 cm³/mol. The molecule has 2 atom stereocenters. The Labute approximate surface area is 100 Å². The van der Waals surface area contributed by atoms with E-state index in [-0.39, 0.29) is 0 Å². The summed E-state index contributed by atoms with van der Waals surface area (Å²) in [4.78, 5) is 0. The normalized spacial score (nSPS) is 24.6. The fraction of sp³-hybridized carbons (Fsp3) is 1.00. The van der Waals surface area contributed by atoms with Gasteiger partial charge in [-0.2, -0.15) is 0 Å². The monoisotopic (exact) mass is 228 g/mol. The molecule has 1 aliphatic heterocycles. The molecule has 96 valence electrons. The lowest BCUT2D eigenvalue weighted by Gasteiger charge is -2.29. The molecule has 1 rings (SSSR count). The summed E-state index contributed by atoms with van der Waals surface area (Å²) >= 11 is 0. The highest BCUT2D eigenvalue weighted by Crippen LogP contribution is 2.30. The minimum Gasteiger partial charge on any atom is -0.390 e. The van der Waals surface area contributed by atoms with Crippen molar-refractivity contribution in [2.24, 2.45) is 5.92 Å². The van der Waals surface area contributed by atoms with Gasteiger partial charge in [0.15, 0.2) is 0 Å². The average Bonchev–Trinajstić information content (AvgIpc) is 2.77. The Morgan fingerprint density at radius 1 is 1.19 bits per heavy atom. The second kappa shape index (κ2) is 7.29. The van der Waals surface area contributed by atoms with Crippen LogP contribution in [0, 0.1) is 5.92 Å². The number of rotatable bonds is 8. The number of ether oxygens (including phenoxy) is 1. The first-order valence-electron chi connectivity index (χ1n) is 6.97. The third-order valence-electron chi connectivity index (χ3n) is 3.85. The van der Waals surface area contributed by atoms with E-state index in [2.05, 4.69) is 6.92 Å². The highest BCUT2D eigenvalue weighted by Gasteiger charge is 2.33. The summed E-state index contributed by atoms with van der Waals surface area (Å²) in [6, 6.07) is 0. The highest BCUT2D eigenvalue weighted by atomic mass is 16.5. The van der Waals surface area contributed by atoms with E-state index in [1.807, 2.05) is 6.92 Å². The largest absolute Gasteiger partial charge is 0.390 e. The molecule has 2 heteroatoms. The molecule has 0 radical (unpaired) electrons. The number of unbranched alkanes of at least 4 members (excludes halogenated alkanes) is 5. The zero-order valence-electron chi connectivity index (χ0n) is 11.0. The summed E-state index contributed by atoms with van der Waals surface area (Å²) in [7, 11) is 0. The van der Waals surface area contributed by atoms with Crippen LogP contribution >= 0.6 is 0 Å². The molecule has 0 aliphatic carbocycles. The van der Waals surface area contributed by atoms with Gasteiger partial charge in [-0.3, -0.25) is 0 Å². The van der Waals surface area contributed by atoms with E-state index < -0.39 is 5.60 Å². The SMILES string of the molecule is CCCCCCCCC(C)(O)C1CCOC1. The van der Waals surface area contributed by atoms with Crippen LogP contribution < -0.4 is 0 Å². The standard InChI is InChI=1S/C14H28O2/c1-3-4-5-6-7-8-10-14(2,15)13-9-11-16-12-13/h13,15H,3-12H2,1-2H3. The van der Waals surface area contributed by atoms with Crippen LogP contribution in [-0.4, -0.2) is 23.9 Å². The molecule has 0 amide bonds. The average molecular weight is 228 g/mol. The van der Waals surface area contributed by atoms with E-state index in [1.165, 1.54) is 32.1 Å². The predicted octanol–water partition coefficient (Wildman–Crippen LogP) is 3.52. The molecule has 1 heterocycles. The van der Waals surface area contributed by atoms with Gasteiger partial charge in [0.2, 0.25) is 0 Å². The number of aliphatic hydroxyl groups is 1. The Morgan fingerprint density at radius 3 is 2.50 bits per heavy atom. The van der Waals surface area contributed by atoms with Gasteiger partial charge in [0, 0.05) is 12.5 Å². The Morgan fingerprint density at radius 2 is 1.88 bits per heavy atom. The van der Waals surface area contributed by atoms with Crippen LogP contribution in [0.25, 0.3) is 0 Å². The van der Waals surface area contributed by atoms with Crippen LogP contribution in [0.15, 0.2) is 0 Å². The summed E-state index contributed by atoms with van der Waals surface area (Å²) in [5.74, 6) is 0.364. The molecule has 1 saturated heterocycles. The fourth-order valence-electron chi connectivity index (χ4n) is 2.49. The molecule has 1 aliphatic rings. The van der Waals surface area contributed by atoms with Gasteiger partial charge in [0.1, 0.15) is 0 Å². The van der Waals surface area contributed by atoms with E-state index in [0.29, 0.717) is 5.92 Å². The third-order valence-corrected chi connectivity index (χ3v) is 3.85. The molecule has 0 aromatic rings. The molecule has 0 spiro atoms. The van der Waals surface area contributed by atoms with Crippen molar-refractivity contribution in [3.05, 3.63) is 0 Å². The summed E-state index contributed by atoms with van der Waals surface area (Å²) < 4.78 is 5.34. The lowest BCUT2D eigenvalue weighted by atomic mass is 9.84. The van der Waals surface area contributed by atoms with Crippen LogP contribution in [0.2, 0.25) is 0 Å². The van der Waals surface area contributed by atoms with Gasteiger partial charge in [-0.05, 0) is 19.8 Å². The molecule has 1 N–H and O–H groups in total. The van der Waals surface area contributed by atoms with E-state index >= 15 is 0 Å². The van der Waals surface area contributed by atoms with Gasteiger partial charge >= 0.3 is 0 Å². The lowest BCUT2D eigenvalue weighted by molar-refractivity contribution is -0.0142. The number of hydrogen-bond acceptors (Lipinski definition) is 2. The molecule has 0 aromatic carbocycles. The topological polar surface area (TPSA) is 29.5 Å². The van der Waals surface area contributed by atoms with Crippen molar-refractivity contribution in [2.75, 3.05) is 13.2 Å². The molecule has 0 aromatic heterocycles. The summed E-state index contributed by atoms with van der Waals surface area (Å²) in [5.41, 5.74) is -0.499. The third kappa shape index (κ3) is 4.84. The van der Waals surface area contributed by atoms with Crippen LogP contribution in [0.3, 0.4) is 0 Å². The summed E-state index contributed by atoms with van der Waals surface area (Å²) in [5, 5.41) is 10.3. The van der Waals surface area contributed by atoms with Crippen molar-refractivity contribution in [3.63, 3.8) is 0 Å². The minimum atomic E-state index is -0.499. The number of hydrogen-bond donors (Lipinski definition) is 1. The van der Waals surface area contributed by atoms with Gasteiger partial charge in [-0.1, -0.05) is 45.4 Å². The molecule has 0 bridgehead atoms. The van der Waals surface area contributed by atoms with Crippen LogP contribution in [-0.2, 0) is 4.74 Å². The van der Waals surface area contributed by atoms with E-state index in [0.717, 1.165) is 32.5 Å². The van der Waals surface area contributed by atoms with Crippen molar-refractivity contribution in [1.82, 2.24) is 0 Å². The van der Waals surface area contributed by atoms with Gasteiger partial charge in [0.25, 0.3) is 0 Å². The zero-order valence-corrected chi connectivity index (χ0v) is 11.0. The summed E-state index contributed by atoms with van der Waals surface area (Å²) in [6.07, 6.45) is 9.73. The van der Waals surface area contributed by atoms with Crippen molar-refractivity contribution < 1.29 is 9.84 Å². The van der Waals surface area contributed by atoms with Gasteiger partial charge in [-0.25, -0.2) is 0 Å². The molecular formula is C14H28O2. The Kier molecular flexibility index (Phi) is 6.37. The summed E-state index contributed by atoms with van der Waals surface area (Å²) in [6.45, 7) is 5.81. The fourth-order valence-corrected chi connectivity index (χ4v) is 2.49. The Bertz CT molecular complexity index is 172. The lowest BCUT2D eigenvalue weighted by Crippen LogP contribution is -2.34. The maximum atomic E-state index is 10.3. The van der Waals surface area contributed by atoms with Gasteiger partial charge in [-0.15, -0.1) is 0 Å². The van der Waals surface area contributed by atoms with Crippen molar-refractivity contribution in [2.45, 2.75) is 70.8 Å². The first-order valence-corrected chi connectivity index (χ1v) is 6.97. The molecule has 2 unspecified atom stereocenters. The Hall–Kier alpha value is -0.0800. The minimum absolute atomic E-state index is 0.364. The second-order valence-electron chi connectivity index (χ2n) is 5.44.